The summed E-state index contributed by atoms with van der Waals surface area (Å²) < 4.78 is 0. The Morgan fingerprint density at radius 3 is 2.64 bits per heavy atom. The zero-order chi connectivity index (χ0) is 10.6. The molecule has 0 aliphatic carbocycles. The molecule has 0 atom stereocenters. The fourth-order valence-corrected chi connectivity index (χ4v) is 1.95. The normalized spacial score (nSPS) is 18.2. The maximum Gasteiger partial charge on any atom is 0.233 e. The standard InChI is InChI=1S/C9H17N3OS/c1-7-2-4-12(5-3-7)8(13)6-14-9(10)11/h7H,2-6H2,1H3,(H3,10,11). The topological polar surface area (TPSA) is 70.2 Å². The number of nitrogens with two attached hydrogens (primary N) is 1. The Hall–Kier alpha value is -0.710. The molecule has 0 unspecified atom stereocenters. The van der Waals surface area contributed by atoms with Crippen molar-refractivity contribution in [3.63, 3.8) is 0 Å². The first-order valence-electron chi connectivity index (χ1n) is 4.84. The molecule has 0 aromatic rings. The molecule has 1 saturated heterocycles. The van der Waals surface area contributed by atoms with Gasteiger partial charge in [0.15, 0.2) is 5.17 Å². The Balaban J connectivity index is 2.27. The fraction of sp³-hybridized carbons (Fsp3) is 0.778. The van der Waals surface area contributed by atoms with Crippen LogP contribution in [0.3, 0.4) is 0 Å². The molecule has 1 heterocycles. The van der Waals surface area contributed by atoms with Crippen LogP contribution in [0.15, 0.2) is 0 Å². The molecule has 0 saturated carbocycles. The summed E-state index contributed by atoms with van der Waals surface area (Å²) in [6.45, 7) is 3.93. The maximum absolute atomic E-state index is 11.6. The Kier molecular flexibility index (Phi) is 4.25. The molecular formula is C9H17N3OS. The molecule has 1 amide bonds. The average Bonchev–Trinajstić information content (AvgIpc) is 2.15. The lowest BCUT2D eigenvalue weighted by Crippen LogP contribution is -2.39. The first-order chi connectivity index (χ1) is 6.59. The number of rotatable bonds is 2. The lowest BCUT2D eigenvalue weighted by atomic mass is 9.99. The van der Waals surface area contributed by atoms with Crippen LogP contribution < -0.4 is 5.73 Å². The number of amides is 1. The van der Waals surface area contributed by atoms with E-state index in [1.165, 1.54) is 0 Å². The average molecular weight is 215 g/mol. The van der Waals surface area contributed by atoms with Crippen LogP contribution in [0.1, 0.15) is 19.8 Å². The van der Waals surface area contributed by atoms with Crippen LogP contribution in [0.4, 0.5) is 0 Å². The van der Waals surface area contributed by atoms with Gasteiger partial charge >= 0.3 is 0 Å². The van der Waals surface area contributed by atoms with Gasteiger partial charge in [-0.2, -0.15) is 0 Å². The van der Waals surface area contributed by atoms with E-state index in [4.69, 9.17) is 11.1 Å². The number of thioether (sulfide) groups is 1. The van der Waals surface area contributed by atoms with E-state index in [0.717, 1.165) is 43.6 Å². The van der Waals surface area contributed by atoms with E-state index < -0.39 is 0 Å². The first-order valence-corrected chi connectivity index (χ1v) is 5.82. The van der Waals surface area contributed by atoms with Gasteiger partial charge in [-0.15, -0.1) is 0 Å². The minimum Gasteiger partial charge on any atom is -0.379 e. The van der Waals surface area contributed by atoms with Crippen LogP contribution in [0.25, 0.3) is 0 Å². The number of hydrogen-bond acceptors (Lipinski definition) is 3. The van der Waals surface area contributed by atoms with Crippen molar-refractivity contribution in [1.29, 1.82) is 5.41 Å². The number of piperidine rings is 1. The molecule has 0 aromatic heterocycles. The Morgan fingerprint density at radius 2 is 2.14 bits per heavy atom. The molecule has 14 heavy (non-hydrogen) atoms. The molecular weight excluding hydrogens is 198 g/mol. The van der Waals surface area contributed by atoms with E-state index in [9.17, 15) is 4.79 Å². The molecule has 1 rings (SSSR count). The van der Waals surface area contributed by atoms with Crippen LogP contribution in [0.2, 0.25) is 0 Å². The highest BCUT2D eigenvalue weighted by Crippen LogP contribution is 2.16. The molecule has 5 heteroatoms. The third-order valence-corrected chi connectivity index (χ3v) is 3.19. The van der Waals surface area contributed by atoms with Crippen molar-refractivity contribution in [2.45, 2.75) is 19.8 Å². The highest BCUT2D eigenvalue weighted by atomic mass is 32.2. The number of carbonyl (C=O) groups is 1. The zero-order valence-electron chi connectivity index (χ0n) is 8.45. The molecule has 0 spiro atoms. The van der Waals surface area contributed by atoms with Gasteiger partial charge in [-0.3, -0.25) is 10.2 Å². The summed E-state index contributed by atoms with van der Waals surface area (Å²) in [6, 6.07) is 0. The third-order valence-electron chi connectivity index (χ3n) is 2.49. The SMILES string of the molecule is CC1CCN(C(=O)CSC(=N)N)CC1. The van der Waals surface area contributed by atoms with Crippen LogP contribution in [0, 0.1) is 11.3 Å². The van der Waals surface area contributed by atoms with Gasteiger partial charge in [-0.25, -0.2) is 0 Å². The van der Waals surface area contributed by atoms with Crippen molar-refractivity contribution in [1.82, 2.24) is 4.90 Å². The summed E-state index contributed by atoms with van der Waals surface area (Å²) in [4.78, 5) is 13.4. The molecule has 0 radical (unpaired) electrons. The van der Waals surface area contributed by atoms with Crippen molar-refractivity contribution in [3.05, 3.63) is 0 Å². The molecule has 0 bridgehead atoms. The monoisotopic (exact) mass is 215 g/mol. The van der Waals surface area contributed by atoms with Crippen molar-refractivity contribution < 1.29 is 4.79 Å². The van der Waals surface area contributed by atoms with Gasteiger partial charge in [-0.05, 0) is 18.8 Å². The highest BCUT2D eigenvalue weighted by molar-refractivity contribution is 8.14. The first kappa shape index (κ1) is 11.4. The summed E-state index contributed by atoms with van der Waals surface area (Å²) in [5, 5.41) is 7.02. The van der Waals surface area contributed by atoms with Crippen LogP contribution in [0.5, 0.6) is 0 Å². The van der Waals surface area contributed by atoms with E-state index in [1.807, 2.05) is 4.90 Å². The van der Waals surface area contributed by atoms with Gasteiger partial charge in [-0.1, -0.05) is 18.7 Å². The smallest absolute Gasteiger partial charge is 0.233 e. The fourth-order valence-electron chi connectivity index (χ4n) is 1.49. The Bertz CT molecular complexity index is 224. The van der Waals surface area contributed by atoms with Gasteiger partial charge in [0.05, 0.1) is 5.75 Å². The van der Waals surface area contributed by atoms with Crippen LogP contribution >= 0.6 is 11.8 Å². The van der Waals surface area contributed by atoms with E-state index in [0.29, 0.717) is 5.75 Å². The van der Waals surface area contributed by atoms with Crippen LogP contribution in [-0.2, 0) is 4.79 Å². The number of nitrogens with one attached hydrogen (secondary N) is 1. The minimum atomic E-state index is 0.0173. The number of carbonyl (C=O) groups excluding carboxylic acids is 1. The molecule has 3 N–H and O–H groups in total. The predicted octanol–water partition coefficient (Wildman–Crippen LogP) is 0.872. The summed E-state index contributed by atoms with van der Waals surface area (Å²) in [5.74, 6) is 1.15. The summed E-state index contributed by atoms with van der Waals surface area (Å²) >= 11 is 1.10. The molecule has 4 nitrogen and oxygen atoms in total. The maximum atomic E-state index is 11.6. The molecule has 80 valence electrons. The number of nitrogens with zero attached hydrogens (tertiary/aromatic N) is 1. The summed E-state index contributed by atoms with van der Waals surface area (Å²) in [6.07, 6.45) is 2.19. The predicted molar refractivity (Wildman–Crippen MR) is 59.4 cm³/mol. The summed E-state index contributed by atoms with van der Waals surface area (Å²) in [5.41, 5.74) is 5.17. The number of amidine groups is 1. The van der Waals surface area contributed by atoms with Crippen molar-refractivity contribution >= 4 is 22.8 Å². The van der Waals surface area contributed by atoms with Crippen molar-refractivity contribution in [2.75, 3.05) is 18.8 Å². The second-order valence-electron chi connectivity index (χ2n) is 3.72. The van der Waals surface area contributed by atoms with Gasteiger partial charge in [0.25, 0.3) is 0 Å². The van der Waals surface area contributed by atoms with E-state index in [1.54, 1.807) is 0 Å². The zero-order valence-corrected chi connectivity index (χ0v) is 9.27. The van der Waals surface area contributed by atoms with E-state index in [-0.39, 0.29) is 11.1 Å². The lowest BCUT2D eigenvalue weighted by Gasteiger charge is -2.30. The third kappa shape index (κ3) is 3.57. The largest absolute Gasteiger partial charge is 0.379 e. The lowest BCUT2D eigenvalue weighted by molar-refractivity contribution is -0.129. The molecule has 1 aliphatic rings. The number of hydrogen-bond donors (Lipinski definition) is 2. The Labute approximate surface area is 88.7 Å². The van der Waals surface area contributed by atoms with Gasteiger partial charge in [0.1, 0.15) is 0 Å². The van der Waals surface area contributed by atoms with Gasteiger partial charge < -0.3 is 10.6 Å². The minimum absolute atomic E-state index is 0.0173. The van der Waals surface area contributed by atoms with E-state index in [2.05, 4.69) is 6.92 Å². The van der Waals surface area contributed by atoms with Crippen molar-refractivity contribution in [3.8, 4) is 0 Å². The molecule has 1 fully saturated rings. The second kappa shape index (κ2) is 5.24. The van der Waals surface area contributed by atoms with Crippen LogP contribution in [-0.4, -0.2) is 34.8 Å². The molecule has 0 aromatic carbocycles. The Morgan fingerprint density at radius 1 is 1.57 bits per heavy atom. The quantitative estimate of drug-likeness (QED) is 0.530. The number of likely N-dealkylation sites (tertiary alicyclic amines) is 1. The van der Waals surface area contributed by atoms with Gasteiger partial charge in [0, 0.05) is 13.1 Å². The van der Waals surface area contributed by atoms with Gasteiger partial charge in [0.2, 0.25) is 5.91 Å². The van der Waals surface area contributed by atoms with E-state index >= 15 is 0 Å². The van der Waals surface area contributed by atoms with Crippen molar-refractivity contribution in [2.24, 2.45) is 11.7 Å². The second-order valence-corrected chi connectivity index (χ2v) is 4.73. The summed E-state index contributed by atoms with van der Waals surface area (Å²) in [7, 11) is 0. The molecule has 1 aliphatic heterocycles. The highest BCUT2D eigenvalue weighted by Gasteiger charge is 2.19.